The molecule has 1 aromatic carbocycles. The van der Waals surface area contributed by atoms with Crippen molar-refractivity contribution in [1.29, 1.82) is 0 Å². The Kier molecular flexibility index (Phi) is 9.66. The van der Waals surface area contributed by atoms with Gasteiger partial charge in [0.1, 0.15) is 17.5 Å². The molecule has 10 nitrogen and oxygen atoms in total. The molecule has 12 heteroatoms. The van der Waals surface area contributed by atoms with Gasteiger partial charge in [0.25, 0.3) is 5.91 Å². The van der Waals surface area contributed by atoms with Crippen LogP contribution in [0.4, 0.5) is 0 Å². The summed E-state index contributed by atoms with van der Waals surface area (Å²) in [5, 5.41) is 24.9. The monoisotopic (exact) mass is 450 g/mol. The third kappa shape index (κ3) is 7.80. The van der Waals surface area contributed by atoms with Crippen LogP contribution in [0.25, 0.3) is 0 Å². The molecule has 0 spiro atoms. The van der Waals surface area contributed by atoms with Crippen molar-refractivity contribution in [3.05, 3.63) is 53.1 Å². The zero-order valence-electron chi connectivity index (χ0n) is 17.1. The first-order valence-electron chi connectivity index (χ1n) is 9.43. The van der Waals surface area contributed by atoms with Crippen LogP contribution in [0, 0.1) is 6.92 Å². The molecule has 0 bridgehead atoms. The summed E-state index contributed by atoms with van der Waals surface area (Å²) in [6.07, 6.45) is 4.12. The van der Waals surface area contributed by atoms with E-state index in [0.717, 1.165) is 5.56 Å². The van der Waals surface area contributed by atoms with E-state index in [1.54, 1.807) is 18.2 Å². The largest absolute Gasteiger partial charge is 0.493 e. The second kappa shape index (κ2) is 12.2. The maximum Gasteiger partial charge on any atom is 0.475 e. The molecule has 4 N–H and O–H groups in total. The molecule has 0 saturated carbocycles. The van der Waals surface area contributed by atoms with Gasteiger partial charge in [-0.05, 0) is 30.7 Å². The van der Waals surface area contributed by atoms with Crippen LogP contribution in [0.2, 0.25) is 5.02 Å². The molecule has 0 saturated heterocycles. The molecule has 0 radical (unpaired) electrons. The highest BCUT2D eigenvalue weighted by atomic mass is 35.5. The van der Waals surface area contributed by atoms with E-state index >= 15 is 0 Å². The van der Waals surface area contributed by atoms with Crippen LogP contribution in [0.1, 0.15) is 22.5 Å². The first kappa shape index (κ1) is 24.5. The Morgan fingerprint density at radius 2 is 2.03 bits per heavy atom. The smallest absolute Gasteiger partial charge is 0.475 e. The zero-order chi connectivity index (χ0) is 22.8. The van der Waals surface area contributed by atoms with Crippen molar-refractivity contribution in [3.63, 3.8) is 0 Å². The summed E-state index contributed by atoms with van der Waals surface area (Å²) in [5.41, 5.74) is 0.853. The van der Waals surface area contributed by atoms with Crippen LogP contribution in [-0.2, 0) is 9.53 Å². The highest BCUT2D eigenvalue weighted by Gasteiger charge is 2.29. The summed E-state index contributed by atoms with van der Waals surface area (Å²) < 4.78 is 10.6. The van der Waals surface area contributed by atoms with Gasteiger partial charge < -0.3 is 30.2 Å². The van der Waals surface area contributed by atoms with E-state index in [2.05, 4.69) is 20.6 Å². The fraction of sp³-hybridized carbons (Fsp3) is 0.368. The third-order valence-corrected chi connectivity index (χ3v) is 4.50. The van der Waals surface area contributed by atoms with Crippen molar-refractivity contribution in [1.82, 2.24) is 20.6 Å². The van der Waals surface area contributed by atoms with E-state index in [0.29, 0.717) is 10.8 Å². The Hall–Kier alpha value is -2.73. The van der Waals surface area contributed by atoms with Crippen molar-refractivity contribution in [2.24, 2.45) is 0 Å². The fourth-order valence-corrected chi connectivity index (χ4v) is 2.87. The summed E-state index contributed by atoms with van der Waals surface area (Å²) in [6.45, 7) is 1.80. The van der Waals surface area contributed by atoms with Gasteiger partial charge in [-0.2, -0.15) is 0 Å². The zero-order valence-corrected chi connectivity index (χ0v) is 17.9. The van der Waals surface area contributed by atoms with Crippen molar-refractivity contribution < 1.29 is 29.1 Å². The highest BCUT2D eigenvalue weighted by molar-refractivity contribution is 6.43. The van der Waals surface area contributed by atoms with Gasteiger partial charge in [-0.15, -0.1) is 0 Å². The van der Waals surface area contributed by atoms with Crippen molar-refractivity contribution >= 4 is 30.5 Å². The molecule has 2 atom stereocenters. The van der Waals surface area contributed by atoms with Gasteiger partial charge in [-0.3, -0.25) is 14.6 Å². The number of nitrogens with zero attached hydrogens (tertiary/aromatic N) is 2. The molecule has 0 unspecified atom stereocenters. The number of hydrogen-bond donors (Lipinski definition) is 4. The molecule has 1 aromatic heterocycles. The number of aryl methyl sites for hydroxylation is 1. The number of nitrogens with one attached hydrogen (secondary N) is 2. The Balaban J connectivity index is 1.95. The predicted molar refractivity (Wildman–Crippen MR) is 114 cm³/mol. The van der Waals surface area contributed by atoms with Gasteiger partial charge in [0.05, 0.1) is 25.4 Å². The van der Waals surface area contributed by atoms with Gasteiger partial charge in [-0.25, -0.2) is 4.98 Å². The number of aromatic nitrogens is 2. The van der Waals surface area contributed by atoms with E-state index in [1.807, 2.05) is 6.92 Å². The van der Waals surface area contributed by atoms with Gasteiger partial charge in [0.15, 0.2) is 0 Å². The van der Waals surface area contributed by atoms with Crippen molar-refractivity contribution in [2.45, 2.75) is 25.3 Å². The topological polar surface area (TPSA) is 143 Å². The van der Waals surface area contributed by atoms with Gasteiger partial charge >= 0.3 is 7.12 Å². The van der Waals surface area contributed by atoms with Crippen LogP contribution in [0.3, 0.4) is 0 Å². The minimum Gasteiger partial charge on any atom is -0.493 e. The SMILES string of the molecule is COC[C@@H](NC(=O)c1cnccn1)C(=O)N[C@H](CCOc1ccc(Cl)cc1C)B(O)O. The lowest BCUT2D eigenvalue weighted by atomic mass is 9.77. The lowest BCUT2D eigenvalue weighted by Gasteiger charge is -2.23. The standard InChI is InChI=1S/C19H24BClN4O6/c1-12-9-13(21)3-4-16(12)31-8-5-17(20(28)29)25-19(27)15(11-30-2)24-18(26)14-10-22-6-7-23-14/h3-4,6-7,9-10,15,17,28-29H,5,8,11H2,1-2H3,(H,24,26)(H,25,27)/t15-,17-/m1/s1. The van der Waals surface area contributed by atoms with Crippen LogP contribution in [0.15, 0.2) is 36.8 Å². The lowest BCUT2D eigenvalue weighted by Crippen LogP contribution is -2.55. The highest BCUT2D eigenvalue weighted by Crippen LogP contribution is 2.22. The summed E-state index contributed by atoms with van der Waals surface area (Å²) in [4.78, 5) is 32.6. The number of benzene rings is 1. The number of amides is 2. The number of ether oxygens (including phenoxy) is 2. The molecule has 2 aromatic rings. The van der Waals surface area contributed by atoms with Gasteiger partial charge in [0.2, 0.25) is 5.91 Å². The van der Waals surface area contributed by atoms with Crippen LogP contribution < -0.4 is 15.4 Å². The summed E-state index contributed by atoms with van der Waals surface area (Å²) in [6, 6.07) is 4.04. The van der Waals surface area contributed by atoms with Crippen molar-refractivity contribution in [2.75, 3.05) is 20.3 Å². The first-order chi connectivity index (χ1) is 14.8. The number of halogens is 1. The molecular weight excluding hydrogens is 426 g/mol. The van der Waals surface area contributed by atoms with E-state index in [-0.39, 0.29) is 25.3 Å². The number of carbonyl (C=O) groups is 2. The number of rotatable bonds is 11. The molecule has 0 aliphatic carbocycles. The number of methoxy groups -OCH3 is 1. The predicted octanol–water partition coefficient (Wildman–Crippen LogP) is 0.149. The fourth-order valence-electron chi connectivity index (χ4n) is 2.65. The molecule has 2 amide bonds. The average molecular weight is 451 g/mol. The minimum absolute atomic E-state index is 0.0295. The summed E-state index contributed by atoms with van der Waals surface area (Å²) >= 11 is 5.91. The molecule has 166 valence electrons. The first-order valence-corrected chi connectivity index (χ1v) is 9.81. The second-order valence-electron chi connectivity index (χ2n) is 6.65. The molecule has 0 aliphatic rings. The quantitative estimate of drug-likeness (QED) is 0.354. The Bertz CT molecular complexity index is 874. The van der Waals surface area contributed by atoms with Gasteiger partial charge in [-0.1, -0.05) is 11.6 Å². The van der Waals surface area contributed by atoms with E-state index < -0.39 is 30.9 Å². The summed E-state index contributed by atoms with van der Waals surface area (Å²) in [7, 11) is -0.465. The molecule has 31 heavy (non-hydrogen) atoms. The van der Waals surface area contributed by atoms with Crippen LogP contribution in [-0.4, -0.2) is 71.3 Å². The van der Waals surface area contributed by atoms with E-state index in [9.17, 15) is 19.6 Å². The lowest BCUT2D eigenvalue weighted by molar-refractivity contribution is -0.124. The molecular formula is C19H24BClN4O6. The average Bonchev–Trinajstić information content (AvgIpc) is 2.74. The molecule has 0 aliphatic heterocycles. The Morgan fingerprint density at radius 1 is 1.26 bits per heavy atom. The van der Waals surface area contributed by atoms with Gasteiger partial charge in [0, 0.05) is 30.9 Å². The molecule has 0 fully saturated rings. The normalized spacial score (nSPS) is 12.5. The third-order valence-electron chi connectivity index (χ3n) is 4.26. The maximum atomic E-state index is 12.6. The minimum atomic E-state index is -1.84. The Morgan fingerprint density at radius 3 is 2.65 bits per heavy atom. The van der Waals surface area contributed by atoms with Crippen LogP contribution >= 0.6 is 11.6 Å². The second-order valence-corrected chi connectivity index (χ2v) is 7.08. The van der Waals surface area contributed by atoms with Crippen molar-refractivity contribution in [3.8, 4) is 5.75 Å². The molecule has 2 rings (SSSR count). The maximum absolute atomic E-state index is 12.6. The van der Waals surface area contributed by atoms with E-state index in [4.69, 9.17) is 21.1 Å². The Labute approximate surface area is 185 Å². The summed E-state index contributed by atoms with van der Waals surface area (Å²) in [5.74, 6) is -1.71. The molecule has 1 heterocycles. The number of carbonyl (C=O) groups excluding carboxylic acids is 2. The number of hydrogen-bond acceptors (Lipinski definition) is 8. The van der Waals surface area contributed by atoms with E-state index in [1.165, 1.54) is 25.7 Å². The van der Waals surface area contributed by atoms with Crippen LogP contribution in [0.5, 0.6) is 5.75 Å².